The van der Waals surface area contributed by atoms with Gasteiger partial charge in [0.2, 0.25) is 0 Å². The second-order valence-electron chi connectivity index (χ2n) is 5.85. The number of piperidine rings is 1. The molecule has 22 heavy (non-hydrogen) atoms. The Balaban J connectivity index is 1.74. The summed E-state index contributed by atoms with van der Waals surface area (Å²) >= 11 is 3.47. The topological polar surface area (TPSA) is 21.3 Å². The molecular formula is C19H22BrNO. The molecule has 116 valence electrons. The molecule has 0 saturated carbocycles. The average molecular weight is 360 g/mol. The Morgan fingerprint density at radius 2 is 1.82 bits per heavy atom. The number of nitrogens with one attached hydrogen (secondary N) is 1. The molecule has 1 aliphatic heterocycles. The third-order valence-corrected chi connectivity index (χ3v) is 4.70. The van der Waals surface area contributed by atoms with E-state index in [0.717, 1.165) is 23.2 Å². The van der Waals surface area contributed by atoms with Gasteiger partial charge >= 0.3 is 0 Å². The first-order valence-corrected chi connectivity index (χ1v) is 8.81. The summed E-state index contributed by atoms with van der Waals surface area (Å²) in [7, 11) is 0. The zero-order chi connectivity index (χ0) is 15.2. The van der Waals surface area contributed by atoms with Gasteiger partial charge in [-0.3, -0.25) is 0 Å². The summed E-state index contributed by atoms with van der Waals surface area (Å²) in [5, 5.41) is 3.63. The lowest BCUT2D eigenvalue weighted by Gasteiger charge is -2.28. The summed E-state index contributed by atoms with van der Waals surface area (Å²) in [6.07, 6.45) is 4.96. The lowest BCUT2D eigenvalue weighted by molar-refractivity contribution is 0.169. The predicted molar refractivity (Wildman–Crippen MR) is 94.2 cm³/mol. The van der Waals surface area contributed by atoms with Crippen LogP contribution in [0.3, 0.4) is 0 Å². The molecule has 1 aliphatic rings. The number of benzene rings is 2. The largest absolute Gasteiger partial charge is 0.486 e. The third kappa shape index (κ3) is 4.34. The average Bonchev–Trinajstić information content (AvgIpc) is 2.58. The highest BCUT2D eigenvalue weighted by Crippen LogP contribution is 2.28. The van der Waals surface area contributed by atoms with Crippen molar-refractivity contribution in [1.82, 2.24) is 5.32 Å². The molecule has 0 spiro atoms. The molecular weight excluding hydrogens is 338 g/mol. The Hall–Kier alpha value is -1.32. The summed E-state index contributed by atoms with van der Waals surface area (Å²) in [6, 6.07) is 19.2. The Kier molecular flexibility index (Phi) is 5.52. The molecule has 2 nitrogen and oxygen atoms in total. The highest BCUT2D eigenvalue weighted by molar-refractivity contribution is 9.10. The van der Waals surface area contributed by atoms with Crippen LogP contribution >= 0.6 is 15.9 Å². The standard InChI is InChI=1S/C19H22BrNO/c20-16-9-11-18(12-10-16)22-19(15-6-2-1-3-7-15)14-17-8-4-5-13-21-17/h1-3,6-7,9-12,17,19,21H,4-5,8,13-14H2. The van der Waals surface area contributed by atoms with Crippen molar-refractivity contribution in [3.8, 4) is 5.75 Å². The molecule has 2 unspecified atom stereocenters. The van der Waals surface area contributed by atoms with Gasteiger partial charge in [-0.15, -0.1) is 0 Å². The lowest BCUT2D eigenvalue weighted by Crippen LogP contribution is -2.36. The number of rotatable bonds is 5. The van der Waals surface area contributed by atoms with E-state index in [1.165, 1.54) is 24.8 Å². The maximum absolute atomic E-state index is 6.30. The fourth-order valence-corrected chi connectivity index (χ4v) is 3.25. The van der Waals surface area contributed by atoms with Crippen LogP contribution in [0.2, 0.25) is 0 Å². The highest BCUT2D eigenvalue weighted by atomic mass is 79.9. The SMILES string of the molecule is Brc1ccc(OC(CC2CCCCN2)c2ccccc2)cc1. The summed E-state index contributed by atoms with van der Waals surface area (Å²) in [5.41, 5.74) is 1.25. The molecule has 2 atom stereocenters. The fourth-order valence-electron chi connectivity index (χ4n) is 2.98. The van der Waals surface area contributed by atoms with E-state index in [0.29, 0.717) is 6.04 Å². The summed E-state index contributed by atoms with van der Waals surface area (Å²) in [4.78, 5) is 0. The first-order chi connectivity index (χ1) is 10.8. The molecule has 1 heterocycles. The monoisotopic (exact) mass is 359 g/mol. The molecule has 0 amide bonds. The number of ether oxygens (including phenoxy) is 1. The van der Waals surface area contributed by atoms with Gasteiger partial charge in [-0.25, -0.2) is 0 Å². The zero-order valence-corrected chi connectivity index (χ0v) is 14.3. The minimum atomic E-state index is 0.0953. The molecule has 0 aromatic heterocycles. The minimum absolute atomic E-state index is 0.0953. The van der Waals surface area contributed by atoms with Gasteiger partial charge in [-0.05, 0) is 49.2 Å². The Labute approximate surface area is 141 Å². The van der Waals surface area contributed by atoms with Crippen LogP contribution in [0.1, 0.15) is 37.4 Å². The van der Waals surface area contributed by atoms with Crippen molar-refractivity contribution in [1.29, 1.82) is 0 Å². The van der Waals surface area contributed by atoms with Crippen LogP contribution in [0.4, 0.5) is 0 Å². The lowest BCUT2D eigenvalue weighted by atomic mass is 9.96. The van der Waals surface area contributed by atoms with E-state index in [1.807, 2.05) is 24.3 Å². The van der Waals surface area contributed by atoms with Crippen molar-refractivity contribution in [2.75, 3.05) is 6.54 Å². The van der Waals surface area contributed by atoms with E-state index in [4.69, 9.17) is 4.74 Å². The third-order valence-electron chi connectivity index (χ3n) is 4.17. The molecule has 3 rings (SSSR count). The predicted octanol–water partition coefficient (Wildman–Crippen LogP) is 5.10. The molecule has 1 saturated heterocycles. The highest BCUT2D eigenvalue weighted by Gasteiger charge is 2.21. The van der Waals surface area contributed by atoms with Gasteiger partial charge in [0.25, 0.3) is 0 Å². The van der Waals surface area contributed by atoms with E-state index < -0.39 is 0 Å². The van der Waals surface area contributed by atoms with E-state index in [2.05, 4.69) is 51.6 Å². The van der Waals surface area contributed by atoms with Gasteiger partial charge in [-0.1, -0.05) is 52.7 Å². The van der Waals surface area contributed by atoms with Crippen molar-refractivity contribution in [2.24, 2.45) is 0 Å². The van der Waals surface area contributed by atoms with Gasteiger partial charge in [0, 0.05) is 16.9 Å². The van der Waals surface area contributed by atoms with E-state index in [9.17, 15) is 0 Å². The second kappa shape index (κ2) is 7.80. The van der Waals surface area contributed by atoms with Crippen LogP contribution in [0, 0.1) is 0 Å². The molecule has 2 aromatic rings. The number of hydrogen-bond acceptors (Lipinski definition) is 2. The maximum atomic E-state index is 6.30. The van der Waals surface area contributed by atoms with Crippen LogP contribution < -0.4 is 10.1 Å². The van der Waals surface area contributed by atoms with E-state index in [1.54, 1.807) is 0 Å². The van der Waals surface area contributed by atoms with Crippen molar-refractivity contribution >= 4 is 15.9 Å². The zero-order valence-electron chi connectivity index (χ0n) is 12.7. The first-order valence-electron chi connectivity index (χ1n) is 8.02. The first kappa shape index (κ1) is 15.6. The summed E-state index contributed by atoms with van der Waals surface area (Å²) in [6.45, 7) is 1.13. The van der Waals surface area contributed by atoms with E-state index in [-0.39, 0.29) is 6.10 Å². The fraction of sp³-hybridized carbons (Fsp3) is 0.368. The van der Waals surface area contributed by atoms with Crippen LogP contribution in [0.25, 0.3) is 0 Å². The summed E-state index contributed by atoms with van der Waals surface area (Å²) < 4.78 is 7.37. The maximum Gasteiger partial charge on any atom is 0.125 e. The van der Waals surface area contributed by atoms with Crippen LogP contribution in [0.15, 0.2) is 59.1 Å². The van der Waals surface area contributed by atoms with Crippen LogP contribution in [0.5, 0.6) is 5.75 Å². The van der Waals surface area contributed by atoms with Crippen LogP contribution in [-0.4, -0.2) is 12.6 Å². The molecule has 0 radical (unpaired) electrons. The van der Waals surface area contributed by atoms with E-state index >= 15 is 0 Å². The number of halogens is 1. The minimum Gasteiger partial charge on any atom is -0.486 e. The van der Waals surface area contributed by atoms with Crippen LogP contribution in [-0.2, 0) is 0 Å². The quantitative estimate of drug-likeness (QED) is 0.801. The molecule has 3 heteroatoms. The summed E-state index contributed by atoms with van der Waals surface area (Å²) in [5.74, 6) is 0.924. The normalized spacial score (nSPS) is 19.6. The van der Waals surface area contributed by atoms with Gasteiger partial charge < -0.3 is 10.1 Å². The van der Waals surface area contributed by atoms with Gasteiger partial charge in [-0.2, -0.15) is 0 Å². The van der Waals surface area contributed by atoms with Gasteiger partial charge in [0.1, 0.15) is 11.9 Å². The van der Waals surface area contributed by atoms with Crippen molar-refractivity contribution in [3.05, 3.63) is 64.6 Å². The molecule has 1 fully saturated rings. The van der Waals surface area contributed by atoms with Gasteiger partial charge in [0.15, 0.2) is 0 Å². The van der Waals surface area contributed by atoms with Gasteiger partial charge in [0.05, 0.1) is 0 Å². The van der Waals surface area contributed by atoms with Crippen molar-refractivity contribution < 1.29 is 4.74 Å². The Morgan fingerprint density at radius 1 is 1.05 bits per heavy atom. The number of hydrogen-bond donors (Lipinski definition) is 1. The molecule has 0 bridgehead atoms. The molecule has 2 aromatic carbocycles. The smallest absolute Gasteiger partial charge is 0.125 e. The van der Waals surface area contributed by atoms with Crippen molar-refractivity contribution in [2.45, 2.75) is 37.8 Å². The van der Waals surface area contributed by atoms with Crippen molar-refractivity contribution in [3.63, 3.8) is 0 Å². The second-order valence-corrected chi connectivity index (χ2v) is 6.77. The molecule has 0 aliphatic carbocycles. The molecule has 1 N–H and O–H groups in total. The Morgan fingerprint density at radius 3 is 2.50 bits per heavy atom. The Bertz CT molecular complexity index is 564.